The molecule has 7 nitrogen and oxygen atoms in total. The van der Waals surface area contributed by atoms with E-state index in [0.29, 0.717) is 29.1 Å². The summed E-state index contributed by atoms with van der Waals surface area (Å²) in [6.45, 7) is 0.539. The van der Waals surface area contributed by atoms with Crippen LogP contribution in [0.1, 0.15) is 29.6 Å². The summed E-state index contributed by atoms with van der Waals surface area (Å²) in [5.41, 5.74) is 1.76. The van der Waals surface area contributed by atoms with Crippen molar-refractivity contribution in [2.45, 2.75) is 25.3 Å². The van der Waals surface area contributed by atoms with Crippen LogP contribution in [-0.2, 0) is 4.79 Å². The highest BCUT2D eigenvalue weighted by atomic mass is 16.4. The molecule has 0 bridgehead atoms. The number of amides is 1. The summed E-state index contributed by atoms with van der Waals surface area (Å²) in [6.07, 6.45) is 2.97. The third-order valence-corrected chi connectivity index (χ3v) is 4.97. The SMILES string of the molecule is O=C(O)C1C2CCCC2CN1C(=O)c1ccc2n[nH]nc2c1. The van der Waals surface area contributed by atoms with Gasteiger partial charge in [0.1, 0.15) is 17.1 Å². The number of rotatable bonds is 2. The van der Waals surface area contributed by atoms with Crippen LogP contribution < -0.4 is 0 Å². The van der Waals surface area contributed by atoms with E-state index >= 15 is 0 Å². The summed E-state index contributed by atoms with van der Waals surface area (Å²) in [6, 6.07) is 4.36. The Morgan fingerprint density at radius 1 is 1.23 bits per heavy atom. The number of hydrogen-bond donors (Lipinski definition) is 2. The van der Waals surface area contributed by atoms with Crippen LogP contribution in [0.2, 0.25) is 0 Å². The molecule has 2 fully saturated rings. The number of carbonyl (C=O) groups is 2. The van der Waals surface area contributed by atoms with E-state index in [2.05, 4.69) is 15.4 Å². The molecule has 2 aliphatic rings. The molecule has 1 saturated heterocycles. The number of H-pyrrole nitrogens is 1. The number of carbonyl (C=O) groups excluding carboxylic acids is 1. The lowest BCUT2D eigenvalue weighted by molar-refractivity contribution is -0.142. The quantitative estimate of drug-likeness (QED) is 0.870. The number of aliphatic carboxylic acids is 1. The van der Waals surface area contributed by atoms with Gasteiger partial charge in [0.15, 0.2) is 0 Å². The van der Waals surface area contributed by atoms with Crippen molar-refractivity contribution in [3.63, 3.8) is 0 Å². The topological polar surface area (TPSA) is 99.2 Å². The fourth-order valence-electron chi connectivity index (χ4n) is 3.97. The van der Waals surface area contributed by atoms with Crippen molar-refractivity contribution in [2.24, 2.45) is 11.8 Å². The first-order valence-electron chi connectivity index (χ1n) is 7.49. The van der Waals surface area contributed by atoms with Gasteiger partial charge in [-0.25, -0.2) is 4.79 Å². The molecule has 4 rings (SSSR count). The average molecular weight is 300 g/mol. The maximum absolute atomic E-state index is 12.8. The Hall–Kier alpha value is -2.44. The molecular weight excluding hydrogens is 284 g/mol. The van der Waals surface area contributed by atoms with Gasteiger partial charge in [0, 0.05) is 12.1 Å². The number of carboxylic acid groups (broad SMARTS) is 1. The summed E-state index contributed by atoms with van der Waals surface area (Å²) in [5.74, 6) is -0.713. The second kappa shape index (κ2) is 4.79. The molecule has 1 aromatic carbocycles. The van der Waals surface area contributed by atoms with Crippen LogP contribution in [0.4, 0.5) is 0 Å². The van der Waals surface area contributed by atoms with Gasteiger partial charge in [-0.2, -0.15) is 15.4 Å². The number of benzene rings is 1. The van der Waals surface area contributed by atoms with Gasteiger partial charge in [-0.05, 0) is 42.9 Å². The molecule has 2 N–H and O–H groups in total. The second-order valence-corrected chi connectivity index (χ2v) is 6.12. The Morgan fingerprint density at radius 2 is 2.05 bits per heavy atom. The number of carboxylic acids is 1. The van der Waals surface area contributed by atoms with Crippen LogP contribution in [0.25, 0.3) is 11.0 Å². The molecule has 1 aliphatic heterocycles. The van der Waals surface area contributed by atoms with E-state index in [0.717, 1.165) is 19.3 Å². The number of aromatic amines is 1. The minimum atomic E-state index is -0.898. The molecule has 22 heavy (non-hydrogen) atoms. The second-order valence-electron chi connectivity index (χ2n) is 6.12. The Labute approximate surface area is 126 Å². The maximum Gasteiger partial charge on any atom is 0.326 e. The van der Waals surface area contributed by atoms with Crippen molar-refractivity contribution in [3.05, 3.63) is 23.8 Å². The highest BCUT2D eigenvalue weighted by molar-refractivity contribution is 5.99. The fraction of sp³-hybridized carbons (Fsp3) is 0.467. The molecule has 1 saturated carbocycles. The molecular formula is C15H16N4O3. The van der Waals surface area contributed by atoms with Crippen LogP contribution in [-0.4, -0.2) is 49.9 Å². The number of hydrogen-bond acceptors (Lipinski definition) is 4. The highest BCUT2D eigenvalue weighted by Gasteiger charge is 2.49. The van der Waals surface area contributed by atoms with Gasteiger partial charge in [0.2, 0.25) is 0 Å². The maximum atomic E-state index is 12.8. The van der Waals surface area contributed by atoms with Gasteiger partial charge in [-0.1, -0.05) is 6.42 Å². The molecule has 1 amide bonds. The van der Waals surface area contributed by atoms with Gasteiger partial charge >= 0.3 is 5.97 Å². The zero-order valence-corrected chi connectivity index (χ0v) is 11.9. The third kappa shape index (κ3) is 1.88. The smallest absolute Gasteiger partial charge is 0.326 e. The average Bonchev–Trinajstić information content (AvgIpc) is 3.19. The van der Waals surface area contributed by atoms with Crippen LogP contribution in [0.3, 0.4) is 0 Å². The molecule has 3 unspecified atom stereocenters. The Kier molecular flexibility index (Phi) is 2.88. The molecule has 1 aromatic heterocycles. The predicted molar refractivity (Wildman–Crippen MR) is 77.2 cm³/mol. The Balaban J connectivity index is 1.67. The number of fused-ring (bicyclic) bond motifs is 2. The largest absolute Gasteiger partial charge is 0.480 e. The van der Waals surface area contributed by atoms with Crippen molar-refractivity contribution >= 4 is 22.9 Å². The van der Waals surface area contributed by atoms with E-state index in [1.54, 1.807) is 18.2 Å². The molecule has 0 spiro atoms. The highest BCUT2D eigenvalue weighted by Crippen LogP contribution is 2.42. The van der Waals surface area contributed by atoms with E-state index in [4.69, 9.17) is 0 Å². The van der Waals surface area contributed by atoms with Crippen molar-refractivity contribution in [1.29, 1.82) is 0 Å². The van der Waals surface area contributed by atoms with Crippen LogP contribution >= 0.6 is 0 Å². The van der Waals surface area contributed by atoms with Crippen LogP contribution in [0.5, 0.6) is 0 Å². The standard InChI is InChI=1S/C15H16N4O3/c20-14(8-4-5-11-12(6-8)17-18-16-11)19-7-9-2-1-3-10(9)13(19)15(21)22/h4-6,9-10,13H,1-3,7H2,(H,21,22)(H,16,17,18). The van der Waals surface area contributed by atoms with Crippen molar-refractivity contribution in [1.82, 2.24) is 20.3 Å². The van der Waals surface area contributed by atoms with Crippen molar-refractivity contribution < 1.29 is 14.7 Å². The van der Waals surface area contributed by atoms with Gasteiger partial charge in [-0.3, -0.25) is 4.79 Å². The van der Waals surface area contributed by atoms with Gasteiger partial charge in [-0.15, -0.1) is 0 Å². The molecule has 2 heterocycles. The Bertz CT molecular complexity index is 756. The number of likely N-dealkylation sites (tertiary alicyclic amines) is 1. The van der Waals surface area contributed by atoms with Crippen LogP contribution in [0, 0.1) is 11.8 Å². The molecule has 114 valence electrons. The summed E-state index contributed by atoms with van der Waals surface area (Å²) >= 11 is 0. The fourth-order valence-corrected chi connectivity index (χ4v) is 3.97. The van der Waals surface area contributed by atoms with E-state index in [9.17, 15) is 14.7 Å². The summed E-state index contributed by atoms with van der Waals surface area (Å²) in [5, 5.41) is 20.0. The first-order valence-corrected chi connectivity index (χ1v) is 7.49. The zero-order chi connectivity index (χ0) is 15.3. The normalized spacial score (nSPS) is 27.3. The monoisotopic (exact) mass is 300 g/mol. The number of nitrogens with one attached hydrogen (secondary N) is 1. The van der Waals surface area contributed by atoms with Gasteiger partial charge in [0.25, 0.3) is 5.91 Å². The predicted octanol–water partition coefficient (Wildman–Crippen LogP) is 1.28. The van der Waals surface area contributed by atoms with Crippen molar-refractivity contribution in [2.75, 3.05) is 6.54 Å². The van der Waals surface area contributed by atoms with E-state index in [1.807, 2.05) is 0 Å². The lowest BCUT2D eigenvalue weighted by atomic mass is 9.94. The lowest BCUT2D eigenvalue weighted by Gasteiger charge is -2.24. The summed E-state index contributed by atoms with van der Waals surface area (Å²) < 4.78 is 0. The first kappa shape index (κ1) is 13.2. The minimum Gasteiger partial charge on any atom is -0.480 e. The van der Waals surface area contributed by atoms with E-state index < -0.39 is 12.0 Å². The summed E-state index contributed by atoms with van der Waals surface area (Å²) in [7, 11) is 0. The van der Waals surface area contributed by atoms with Gasteiger partial charge < -0.3 is 10.0 Å². The van der Waals surface area contributed by atoms with Crippen molar-refractivity contribution in [3.8, 4) is 0 Å². The minimum absolute atomic E-state index is 0.0947. The number of nitrogens with zero attached hydrogens (tertiary/aromatic N) is 3. The third-order valence-electron chi connectivity index (χ3n) is 4.97. The zero-order valence-electron chi connectivity index (χ0n) is 11.9. The summed E-state index contributed by atoms with van der Waals surface area (Å²) in [4.78, 5) is 25.9. The lowest BCUT2D eigenvalue weighted by Crippen LogP contribution is -2.43. The van der Waals surface area contributed by atoms with E-state index in [-0.39, 0.29) is 11.8 Å². The molecule has 0 radical (unpaired) electrons. The first-order chi connectivity index (χ1) is 10.6. The molecule has 3 atom stereocenters. The molecule has 7 heteroatoms. The molecule has 1 aliphatic carbocycles. The number of aromatic nitrogens is 3. The molecule has 2 aromatic rings. The van der Waals surface area contributed by atoms with E-state index in [1.165, 1.54) is 4.90 Å². The van der Waals surface area contributed by atoms with Gasteiger partial charge in [0.05, 0.1) is 0 Å². The van der Waals surface area contributed by atoms with Crippen LogP contribution in [0.15, 0.2) is 18.2 Å². The Morgan fingerprint density at radius 3 is 2.86 bits per heavy atom.